The Morgan fingerprint density at radius 3 is 2.60 bits per heavy atom. The molecule has 1 aliphatic heterocycles. The zero-order chi connectivity index (χ0) is 13.9. The van der Waals surface area contributed by atoms with E-state index in [1.807, 2.05) is 5.38 Å². The van der Waals surface area contributed by atoms with E-state index in [4.69, 9.17) is 0 Å². The Morgan fingerprint density at radius 1 is 1.20 bits per heavy atom. The molecule has 3 heterocycles. The lowest BCUT2D eigenvalue weighted by Gasteiger charge is -2.35. The van der Waals surface area contributed by atoms with E-state index in [2.05, 4.69) is 19.8 Å². The lowest BCUT2D eigenvalue weighted by molar-refractivity contribution is 0.281. The van der Waals surface area contributed by atoms with Crippen molar-refractivity contribution < 1.29 is 9.50 Å². The molecule has 1 fully saturated rings. The molecule has 0 amide bonds. The molecule has 0 atom stereocenters. The first-order chi connectivity index (χ1) is 9.78. The number of rotatable bonds is 3. The van der Waals surface area contributed by atoms with Crippen molar-refractivity contribution in [1.29, 1.82) is 0 Å². The monoisotopic (exact) mass is 294 g/mol. The number of hydrogen-bond acceptors (Lipinski definition) is 6. The van der Waals surface area contributed by atoms with E-state index >= 15 is 0 Å². The van der Waals surface area contributed by atoms with Gasteiger partial charge in [0.05, 0.1) is 12.8 Å². The Kier molecular flexibility index (Phi) is 3.79. The molecule has 1 aliphatic rings. The molecule has 7 heteroatoms. The van der Waals surface area contributed by atoms with Crippen LogP contribution in [0, 0.1) is 5.82 Å². The largest absolute Gasteiger partial charge is 0.392 e. The summed E-state index contributed by atoms with van der Waals surface area (Å²) in [4.78, 5) is 12.7. The van der Waals surface area contributed by atoms with E-state index in [9.17, 15) is 9.50 Å². The molecule has 5 nitrogen and oxygen atoms in total. The minimum absolute atomic E-state index is 0.202. The van der Waals surface area contributed by atoms with Crippen molar-refractivity contribution >= 4 is 22.3 Å². The van der Waals surface area contributed by atoms with Crippen LogP contribution < -0.4 is 9.80 Å². The summed E-state index contributed by atoms with van der Waals surface area (Å²) in [6.45, 7) is 3.05. The summed E-state index contributed by atoms with van der Waals surface area (Å²) < 4.78 is 13.1. The zero-order valence-electron chi connectivity index (χ0n) is 10.9. The van der Waals surface area contributed by atoms with Gasteiger partial charge in [-0.15, -0.1) is 11.3 Å². The minimum atomic E-state index is -0.417. The second kappa shape index (κ2) is 5.72. The summed E-state index contributed by atoms with van der Waals surface area (Å²) in [7, 11) is 0. The topological polar surface area (TPSA) is 52.5 Å². The first-order valence-corrected chi connectivity index (χ1v) is 7.30. The number of aliphatic hydroxyl groups is 1. The first-order valence-electron chi connectivity index (χ1n) is 6.42. The second-order valence-electron chi connectivity index (χ2n) is 4.58. The number of aromatic nitrogens is 2. The SMILES string of the molecule is OCc1cc(F)cnc1N1CCN(c2nccs2)CC1. The predicted octanol–water partition coefficient (Wildman–Crippen LogP) is 1.50. The molecule has 0 unspecified atom stereocenters. The number of anilines is 2. The lowest BCUT2D eigenvalue weighted by Crippen LogP contribution is -2.47. The maximum Gasteiger partial charge on any atom is 0.185 e. The van der Waals surface area contributed by atoms with Gasteiger partial charge in [0.15, 0.2) is 5.13 Å². The van der Waals surface area contributed by atoms with Gasteiger partial charge in [0.25, 0.3) is 0 Å². The van der Waals surface area contributed by atoms with Crippen molar-refractivity contribution in [3.05, 3.63) is 35.2 Å². The molecule has 106 valence electrons. The van der Waals surface area contributed by atoms with Gasteiger partial charge in [-0.05, 0) is 6.07 Å². The molecule has 0 saturated carbocycles. The van der Waals surface area contributed by atoms with Crippen LogP contribution in [0.5, 0.6) is 0 Å². The summed E-state index contributed by atoms with van der Waals surface area (Å²) in [5.74, 6) is 0.256. The number of aliphatic hydroxyl groups excluding tert-OH is 1. The molecule has 20 heavy (non-hydrogen) atoms. The smallest absolute Gasteiger partial charge is 0.185 e. The van der Waals surface area contributed by atoms with Crippen LogP contribution in [-0.2, 0) is 6.61 Å². The molecule has 2 aromatic rings. The van der Waals surface area contributed by atoms with Gasteiger partial charge in [-0.25, -0.2) is 14.4 Å². The Bertz CT molecular complexity index is 570. The number of hydrogen-bond donors (Lipinski definition) is 1. The summed E-state index contributed by atoms with van der Waals surface area (Å²) >= 11 is 1.63. The fourth-order valence-corrected chi connectivity index (χ4v) is 3.05. The molecular weight excluding hydrogens is 279 g/mol. The lowest BCUT2D eigenvalue weighted by atomic mass is 10.2. The average molecular weight is 294 g/mol. The Morgan fingerprint density at radius 2 is 1.95 bits per heavy atom. The van der Waals surface area contributed by atoms with Gasteiger partial charge < -0.3 is 14.9 Å². The molecule has 0 bridgehead atoms. The van der Waals surface area contributed by atoms with E-state index in [0.717, 1.165) is 31.3 Å². The van der Waals surface area contributed by atoms with Crippen molar-refractivity contribution in [2.75, 3.05) is 36.0 Å². The van der Waals surface area contributed by atoms with E-state index in [-0.39, 0.29) is 6.61 Å². The molecule has 0 aliphatic carbocycles. The maximum atomic E-state index is 13.1. The van der Waals surface area contributed by atoms with Gasteiger partial charge in [0.1, 0.15) is 11.6 Å². The summed E-state index contributed by atoms with van der Waals surface area (Å²) in [6, 6.07) is 1.34. The molecule has 0 spiro atoms. The van der Waals surface area contributed by atoms with E-state index in [1.165, 1.54) is 12.3 Å². The molecule has 0 radical (unpaired) electrons. The third-order valence-electron chi connectivity index (χ3n) is 3.35. The quantitative estimate of drug-likeness (QED) is 0.929. The first kappa shape index (κ1) is 13.3. The number of halogens is 1. The standard InChI is InChI=1S/C13H15FN4OS/c14-11-7-10(9-19)12(16-8-11)17-2-4-18(5-3-17)13-15-1-6-20-13/h1,6-8,19H,2-5,9H2. The molecule has 1 N–H and O–H groups in total. The third kappa shape index (κ3) is 2.59. The Hall–Kier alpha value is -1.73. The van der Waals surface area contributed by atoms with Gasteiger partial charge in [-0.1, -0.05) is 0 Å². The van der Waals surface area contributed by atoms with E-state index < -0.39 is 5.82 Å². The van der Waals surface area contributed by atoms with Crippen molar-refractivity contribution in [2.24, 2.45) is 0 Å². The Labute approximate surface area is 120 Å². The van der Waals surface area contributed by atoms with Crippen LogP contribution >= 0.6 is 11.3 Å². The number of pyridine rings is 1. The number of nitrogens with zero attached hydrogens (tertiary/aromatic N) is 4. The van der Waals surface area contributed by atoms with Crippen molar-refractivity contribution in [2.45, 2.75) is 6.61 Å². The van der Waals surface area contributed by atoms with Crippen LogP contribution in [0.4, 0.5) is 15.3 Å². The van der Waals surface area contributed by atoms with Gasteiger partial charge in [0, 0.05) is 43.3 Å². The third-order valence-corrected chi connectivity index (χ3v) is 4.18. The van der Waals surface area contributed by atoms with Crippen LogP contribution in [0.25, 0.3) is 0 Å². The second-order valence-corrected chi connectivity index (χ2v) is 5.46. The van der Waals surface area contributed by atoms with Crippen LogP contribution in [0.15, 0.2) is 23.8 Å². The van der Waals surface area contributed by atoms with E-state index in [0.29, 0.717) is 11.4 Å². The summed E-state index contributed by atoms with van der Waals surface area (Å²) in [5.41, 5.74) is 0.535. The van der Waals surface area contributed by atoms with Crippen LogP contribution in [0.3, 0.4) is 0 Å². The zero-order valence-corrected chi connectivity index (χ0v) is 11.7. The Balaban J connectivity index is 1.72. The van der Waals surface area contributed by atoms with Gasteiger partial charge >= 0.3 is 0 Å². The maximum absolute atomic E-state index is 13.1. The van der Waals surface area contributed by atoms with Crippen molar-refractivity contribution in [3.63, 3.8) is 0 Å². The highest BCUT2D eigenvalue weighted by Crippen LogP contribution is 2.23. The number of thiazole rings is 1. The fourth-order valence-electron chi connectivity index (χ4n) is 2.36. The molecular formula is C13H15FN4OS. The molecule has 3 rings (SSSR count). The molecule has 2 aromatic heterocycles. The molecule has 0 aromatic carbocycles. The van der Waals surface area contributed by atoms with Gasteiger partial charge in [-0.2, -0.15) is 0 Å². The van der Waals surface area contributed by atoms with Crippen molar-refractivity contribution in [1.82, 2.24) is 9.97 Å². The van der Waals surface area contributed by atoms with Crippen LogP contribution in [0.2, 0.25) is 0 Å². The summed E-state index contributed by atoms with van der Waals surface area (Å²) in [6.07, 6.45) is 3.00. The highest BCUT2D eigenvalue weighted by Gasteiger charge is 2.21. The van der Waals surface area contributed by atoms with Crippen molar-refractivity contribution in [3.8, 4) is 0 Å². The van der Waals surface area contributed by atoms with E-state index in [1.54, 1.807) is 17.5 Å². The van der Waals surface area contributed by atoms with Crippen LogP contribution in [-0.4, -0.2) is 41.3 Å². The average Bonchev–Trinajstić information content (AvgIpc) is 3.01. The summed E-state index contributed by atoms with van der Waals surface area (Å²) in [5, 5.41) is 12.3. The van der Waals surface area contributed by atoms with Gasteiger partial charge in [0.2, 0.25) is 0 Å². The predicted molar refractivity (Wildman–Crippen MR) is 76.7 cm³/mol. The van der Waals surface area contributed by atoms with Gasteiger partial charge in [-0.3, -0.25) is 0 Å². The normalized spacial score (nSPS) is 15.7. The van der Waals surface area contributed by atoms with Crippen LogP contribution in [0.1, 0.15) is 5.56 Å². The fraction of sp³-hybridized carbons (Fsp3) is 0.385. The highest BCUT2D eigenvalue weighted by molar-refractivity contribution is 7.13. The molecule has 1 saturated heterocycles. The highest BCUT2D eigenvalue weighted by atomic mass is 32.1. The minimum Gasteiger partial charge on any atom is -0.392 e. The number of piperazine rings is 1.